The van der Waals surface area contributed by atoms with Gasteiger partial charge in [-0.2, -0.15) is 0 Å². The van der Waals surface area contributed by atoms with Crippen LogP contribution >= 0.6 is 0 Å². The summed E-state index contributed by atoms with van der Waals surface area (Å²) >= 11 is 0. The van der Waals surface area contributed by atoms with Gasteiger partial charge in [0.2, 0.25) is 0 Å². The fourth-order valence-electron chi connectivity index (χ4n) is 1.97. The highest BCUT2D eigenvalue weighted by Crippen LogP contribution is 2.31. The average Bonchev–Trinajstić information content (AvgIpc) is 2.60. The standard InChI is InChI=1S/C11H18N2O/c1-7(2)11-13-10-8(12-3)5-4-6-9(10)14-11/h7-8,12H,4-6H2,1-3H3. The lowest BCUT2D eigenvalue weighted by molar-refractivity contribution is 0.402. The van der Waals surface area contributed by atoms with E-state index in [1.807, 2.05) is 7.05 Å². The minimum Gasteiger partial charge on any atom is -0.445 e. The molecule has 3 heteroatoms. The van der Waals surface area contributed by atoms with Crippen LogP contribution in [-0.4, -0.2) is 12.0 Å². The maximum absolute atomic E-state index is 5.75. The molecule has 0 saturated heterocycles. The highest BCUT2D eigenvalue weighted by atomic mass is 16.4. The van der Waals surface area contributed by atoms with Gasteiger partial charge in [0.1, 0.15) is 5.76 Å². The van der Waals surface area contributed by atoms with Gasteiger partial charge in [-0.3, -0.25) is 0 Å². The molecule has 0 radical (unpaired) electrons. The van der Waals surface area contributed by atoms with Gasteiger partial charge in [-0.15, -0.1) is 0 Å². The van der Waals surface area contributed by atoms with Crippen LogP contribution in [-0.2, 0) is 6.42 Å². The number of fused-ring (bicyclic) bond motifs is 1. The van der Waals surface area contributed by atoms with Crippen molar-refractivity contribution >= 4 is 0 Å². The maximum atomic E-state index is 5.75. The summed E-state index contributed by atoms with van der Waals surface area (Å²) in [5.74, 6) is 2.37. The van der Waals surface area contributed by atoms with Gasteiger partial charge in [-0.05, 0) is 19.9 Å². The largest absolute Gasteiger partial charge is 0.445 e. The molecule has 1 aromatic heterocycles. The van der Waals surface area contributed by atoms with Crippen LogP contribution in [0.5, 0.6) is 0 Å². The predicted octanol–water partition coefficient (Wildman–Crippen LogP) is 2.39. The number of oxazole rings is 1. The minimum atomic E-state index is 0.387. The molecule has 2 rings (SSSR count). The summed E-state index contributed by atoms with van der Waals surface area (Å²) in [5, 5.41) is 3.29. The van der Waals surface area contributed by atoms with Crippen LogP contribution in [0.25, 0.3) is 0 Å². The maximum Gasteiger partial charge on any atom is 0.197 e. The van der Waals surface area contributed by atoms with Crippen molar-refractivity contribution in [3.63, 3.8) is 0 Å². The molecule has 1 heterocycles. The Kier molecular flexibility index (Phi) is 2.59. The first-order valence-corrected chi connectivity index (χ1v) is 5.39. The molecule has 0 amide bonds. The second-order valence-electron chi connectivity index (χ2n) is 4.25. The van der Waals surface area contributed by atoms with Gasteiger partial charge in [-0.1, -0.05) is 13.8 Å². The van der Waals surface area contributed by atoms with E-state index in [4.69, 9.17) is 4.42 Å². The van der Waals surface area contributed by atoms with Crippen molar-refractivity contribution in [2.24, 2.45) is 0 Å². The number of hydrogen-bond donors (Lipinski definition) is 1. The van der Waals surface area contributed by atoms with E-state index in [0.717, 1.165) is 23.8 Å². The zero-order valence-corrected chi connectivity index (χ0v) is 9.13. The van der Waals surface area contributed by atoms with Gasteiger partial charge in [0, 0.05) is 12.3 Å². The monoisotopic (exact) mass is 194 g/mol. The lowest BCUT2D eigenvalue weighted by atomic mass is 9.97. The van der Waals surface area contributed by atoms with E-state index in [1.54, 1.807) is 0 Å². The quantitative estimate of drug-likeness (QED) is 0.785. The number of nitrogens with zero attached hydrogens (tertiary/aromatic N) is 1. The normalized spacial score (nSPS) is 21.3. The zero-order chi connectivity index (χ0) is 10.1. The van der Waals surface area contributed by atoms with Crippen LogP contribution in [0.3, 0.4) is 0 Å². The Morgan fingerprint density at radius 3 is 2.93 bits per heavy atom. The Morgan fingerprint density at radius 2 is 2.29 bits per heavy atom. The van der Waals surface area contributed by atoms with Crippen molar-refractivity contribution in [3.8, 4) is 0 Å². The van der Waals surface area contributed by atoms with Gasteiger partial charge >= 0.3 is 0 Å². The number of hydrogen-bond acceptors (Lipinski definition) is 3. The van der Waals surface area contributed by atoms with E-state index in [2.05, 4.69) is 24.1 Å². The van der Waals surface area contributed by atoms with E-state index in [9.17, 15) is 0 Å². The van der Waals surface area contributed by atoms with Gasteiger partial charge in [0.25, 0.3) is 0 Å². The van der Waals surface area contributed by atoms with Crippen molar-refractivity contribution in [2.45, 2.75) is 45.1 Å². The van der Waals surface area contributed by atoms with Gasteiger partial charge in [-0.25, -0.2) is 4.98 Å². The average molecular weight is 194 g/mol. The van der Waals surface area contributed by atoms with E-state index in [1.165, 1.54) is 12.8 Å². The molecule has 0 bridgehead atoms. The van der Waals surface area contributed by atoms with E-state index in [0.29, 0.717) is 12.0 Å². The third kappa shape index (κ3) is 1.57. The molecule has 78 valence electrons. The van der Waals surface area contributed by atoms with Crippen LogP contribution in [0.15, 0.2) is 4.42 Å². The summed E-state index contributed by atoms with van der Waals surface area (Å²) in [6.45, 7) is 4.23. The van der Waals surface area contributed by atoms with Crippen molar-refractivity contribution in [1.29, 1.82) is 0 Å². The smallest absolute Gasteiger partial charge is 0.197 e. The summed E-state index contributed by atoms with van der Waals surface area (Å²) in [6, 6.07) is 0.398. The summed E-state index contributed by atoms with van der Waals surface area (Å²) in [7, 11) is 1.99. The minimum absolute atomic E-state index is 0.387. The molecule has 1 aliphatic carbocycles. The van der Waals surface area contributed by atoms with E-state index < -0.39 is 0 Å². The number of aryl methyl sites for hydroxylation is 1. The molecule has 0 aromatic carbocycles. The van der Waals surface area contributed by atoms with Gasteiger partial charge in [0.15, 0.2) is 5.89 Å². The third-order valence-corrected chi connectivity index (χ3v) is 2.81. The molecule has 1 aromatic rings. The highest BCUT2D eigenvalue weighted by Gasteiger charge is 2.25. The predicted molar refractivity (Wildman–Crippen MR) is 55.3 cm³/mol. The third-order valence-electron chi connectivity index (χ3n) is 2.81. The Hall–Kier alpha value is -0.830. The van der Waals surface area contributed by atoms with Crippen molar-refractivity contribution in [2.75, 3.05) is 7.05 Å². The lowest BCUT2D eigenvalue weighted by Crippen LogP contribution is -2.21. The van der Waals surface area contributed by atoms with Crippen LogP contribution in [0.2, 0.25) is 0 Å². The zero-order valence-electron chi connectivity index (χ0n) is 9.13. The number of aromatic nitrogens is 1. The first-order valence-electron chi connectivity index (χ1n) is 5.39. The second-order valence-corrected chi connectivity index (χ2v) is 4.25. The Morgan fingerprint density at radius 1 is 1.50 bits per heavy atom. The summed E-state index contributed by atoms with van der Waals surface area (Å²) in [6.07, 6.45) is 3.42. The topological polar surface area (TPSA) is 38.1 Å². The summed E-state index contributed by atoms with van der Waals surface area (Å²) in [4.78, 5) is 4.57. The Bertz CT molecular complexity index is 317. The molecule has 3 nitrogen and oxygen atoms in total. The molecule has 1 aliphatic rings. The van der Waals surface area contributed by atoms with Crippen molar-refractivity contribution in [1.82, 2.24) is 10.3 Å². The summed E-state index contributed by atoms with van der Waals surface area (Å²) < 4.78 is 5.75. The second kappa shape index (κ2) is 3.73. The van der Waals surface area contributed by atoms with Crippen molar-refractivity contribution in [3.05, 3.63) is 17.3 Å². The number of nitrogens with one attached hydrogen (secondary N) is 1. The molecule has 14 heavy (non-hydrogen) atoms. The fourth-order valence-corrected chi connectivity index (χ4v) is 1.97. The molecule has 0 spiro atoms. The first-order chi connectivity index (χ1) is 6.72. The molecule has 1 unspecified atom stereocenters. The SMILES string of the molecule is CNC1CCCc2oc(C(C)C)nc21. The molecule has 1 N–H and O–H groups in total. The summed E-state index contributed by atoms with van der Waals surface area (Å²) in [5.41, 5.74) is 1.14. The van der Waals surface area contributed by atoms with Gasteiger partial charge in [0.05, 0.1) is 11.7 Å². The molecular formula is C11H18N2O. The number of rotatable bonds is 2. The molecule has 0 saturated carbocycles. The first kappa shape index (κ1) is 9.71. The highest BCUT2D eigenvalue weighted by molar-refractivity contribution is 5.18. The molecular weight excluding hydrogens is 176 g/mol. The van der Waals surface area contributed by atoms with Crippen LogP contribution in [0.4, 0.5) is 0 Å². The van der Waals surface area contributed by atoms with Crippen LogP contribution in [0.1, 0.15) is 56.0 Å². The Balaban J connectivity index is 2.33. The molecule has 1 atom stereocenters. The van der Waals surface area contributed by atoms with E-state index >= 15 is 0 Å². The van der Waals surface area contributed by atoms with Crippen LogP contribution in [0, 0.1) is 0 Å². The van der Waals surface area contributed by atoms with E-state index in [-0.39, 0.29) is 0 Å². The Labute approximate surface area is 84.9 Å². The van der Waals surface area contributed by atoms with Gasteiger partial charge < -0.3 is 9.73 Å². The molecule has 0 aliphatic heterocycles. The van der Waals surface area contributed by atoms with Crippen molar-refractivity contribution < 1.29 is 4.42 Å². The molecule has 0 fully saturated rings. The fraction of sp³-hybridized carbons (Fsp3) is 0.727. The lowest BCUT2D eigenvalue weighted by Gasteiger charge is -2.18. The van der Waals surface area contributed by atoms with Crippen LogP contribution < -0.4 is 5.32 Å².